The summed E-state index contributed by atoms with van der Waals surface area (Å²) in [4.78, 5) is 2.26. The number of anilines is 1. The zero-order valence-electron chi connectivity index (χ0n) is 11.1. The van der Waals surface area contributed by atoms with Crippen molar-refractivity contribution in [3.05, 3.63) is 65.2 Å². The zero-order valence-corrected chi connectivity index (χ0v) is 11.9. The molecule has 0 aliphatic heterocycles. The standard InChI is InChI=1S/C16H19ClN2/c1-19(13-14-7-5-6-10-16(14)17)12-11-18-15-8-3-2-4-9-15/h2-10,18H,11-13H2,1H3. The van der Waals surface area contributed by atoms with Crippen molar-refractivity contribution in [1.82, 2.24) is 4.90 Å². The Morgan fingerprint density at radius 3 is 2.42 bits per heavy atom. The third-order valence-electron chi connectivity index (χ3n) is 2.99. The Kier molecular flexibility index (Phi) is 5.25. The molecule has 2 rings (SSSR count). The molecule has 2 nitrogen and oxygen atoms in total. The van der Waals surface area contributed by atoms with Gasteiger partial charge in [-0.25, -0.2) is 0 Å². The summed E-state index contributed by atoms with van der Waals surface area (Å²) in [7, 11) is 2.11. The Morgan fingerprint density at radius 1 is 1.00 bits per heavy atom. The van der Waals surface area contributed by atoms with Crippen LogP contribution in [0.2, 0.25) is 5.02 Å². The van der Waals surface area contributed by atoms with Gasteiger partial charge in [-0.3, -0.25) is 0 Å². The molecule has 0 bridgehead atoms. The number of hydrogen-bond acceptors (Lipinski definition) is 2. The van der Waals surface area contributed by atoms with Crippen LogP contribution in [0.25, 0.3) is 0 Å². The predicted octanol–water partition coefficient (Wildman–Crippen LogP) is 3.88. The van der Waals surface area contributed by atoms with Crippen molar-refractivity contribution in [2.45, 2.75) is 6.54 Å². The molecule has 0 fully saturated rings. The number of benzene rings is 2. The minimum atomic E-state index is 0.838. The monoisotopic (exact) mass is 274 g/mol. The van der Waals surface area contributed by atoms with E-state index in [1.54, 1.807) is 0 Å². The third kappa shape index (κ3) is 4.58. The highest BCUT2D eigenvalue weighted by Crippen LogP contribution is 2.16. The van der Waals surface area contributed by atoms with Crippen LogP contribution in [0.3, 0.4) is 0 Å². The maximum Gasteiger partial charge on any atom is 0.0451 e. The fourth-order valence-corrected chi connectivity index (χ4v) is 2.14. The van der Waals surface area contributed by atoms with Crippen molar-refractivity contribution in [1.29, 1.82) is 0 Å². The van der Waals surface area contributed by atoms with Crippen LogP contribution in [-0.2, 0) is 6.54 Å². The number of likely N-dealkylation sites (N-methyl/N-ethyl adjacent to an activating group) is 1. The molecular formula is C16H19ClN2. The second-order valence-corrected chi connectivity index (χ2v) is 5.03. The molecule has 3 heteroatoms. The first-order valence-electron chi connectivity index (χ1n) is 6.46. The molecule has 1 N–H and O–H groups in total. The summed E-state index contributed by atoms with van der Waals surface area (Å²) in [5, 5.41) is 4.24. The van der Waals surface area contributed by atoms with Crippen molar-refractivity contribution in [2.75, 3.05) is 25.5 Å². The normalized spacial score (nSPS) is 10.7. The lowest BCUT2D eigenvalue weighted by Gasteiger charge is -2.18. The largest absolute Gasteiger partial charge is 0.384 e. The van der Waals surface area contributed by atoms with Crippen LogP contribution >= 0.6 is 11.6 Å². The van der Waals surface area contributed by atoms with E-state index < -0.39 is 0 Å². The van der Waals surface area contributed by atoms with Crippen molar-refractivity contribution < 1.29 is 0 Å². The first-order valence-corrected chi connectivity index (χ1v) is 6.84. The average Bonchev–Trinajstić information content (AvgIpc) is 2.43. The zero-order chi connectivity index (χ0) is 13.5. The first kappa shape index (κ1) is 13.9. The lowest BCUT2D eigenvalue weighted by molar-refractivity contribution is 0.340. The maximum absolute atomic E-state index is 6.16. The number of para-hydroxylation sites is 1. The molecule has 0 unspecified atom stereocenters. The van der Waals surface area contributed by atoms with Gasteiger partial charge in [0.25, 0.3) is 0 Å². The highest BCUT2D eigenvalue weighted by Gasteiger charge is 2.03. The van der Waals surface area contributed by atoms with Crippen molar-refractivity contribution in [3.63, 3.8) is 0 Å². The van der Waals surface area contributed by atoms with Gasteiger partial charge < -0.3 is 10.2 Å². The molecule has 0 radical (unpaired) electrons. The second-order valence-electron chi connectivity index (χ2n) is 4.62. The van der Waals surface area contributed by atoms with Gasteiger partial charge in [0.05, 0.1) is 0 Å². The summed E-state index contributed by atoms with van der Waals surface area (Å²) in [6, 6.07) is 18.2. The lowest BCUT2D eigenvalue weighted by Crippen LogP contribution is -2.24. The molecule has 19 heavy (non-hydrogen) atoms. The minimum absolute atomic E-state index is 0.838. The topological polar surface area (TPSA) is 15.3 Å². The highest BCUT2D eigenvalue weighted by atomic mass is 35.5. The maximum atomic E-state index is 6.16. The van der Waals surface area contributed by atoms with Gasteiger partial charge in [-0.05, 0) is 30.8 Å². The number of halogens is 1. The molecule has 0 amide bonds. The lowest BCUT2D eigenvalue weighted by atomic mass is 10.2. The number of hydrogen-bond donors (Lipinski definition) is 1. The quantitative estimate of drug-likeness (QED) is 0.860. The van der Waals surface area contributed by atoms with Crippen LogP contribution in [0.5, 0.6) is 0 Å². The van der Waals surface area contributed by atoms with Crippen LogP contribution in [0.15, 0.2) is 54.6 Å². The van der Waals surface area contributed by atoms with E-state index in [0.29, 0.717) is 0 Å². The third-order valence-corrected chi connectivity index (χ3v) is 3.36. The van der Waals surface area contributed by atoms with E-state index in [2.05, 4.69) is 35.5 Å². The molecule has 0 saturated carbocycles. The van der Waals surface area contributed by atoms with E-state index in [-0.39, 0.29) is 0 Å². The van der Waals surface area contributed by atoms with E-state index >= 15 is 0 Å². The van der Waals surface area contributed by atoms with Crippen molar-refractivity contribution >= 4 is 17.3 Å². The minimum Gasteiger partial charge on any atom is -0.384 e. The van der Waals surface area contributed by atoms with Crippen LogP contribution in [-0.4, -0.2) is 25.0 Å². The Bertz CT molecular complexity index is 499. The van der Waals surface area contributed by atoms with Crippen LogP contribution in [0.4, 0.5) is 5.69 Å². The van der Waals surface area contributed by atoms with Gasteiger partial charge in [-0.1, -0.05) is 48.0 Å². The summed E-state index contributed by atoms with van der Waals surface area (Å²) in [6.45, 7) is 2.77. The van der Waals surface area contributed by atoms with Gasteiger partial charge in [-0.2, -0.15) is 0 Å². The summed E-state index contributed by atoms with van der Waals surface area (Å²) < 4.78 is 0. The molecule has 2 aromatic rings. The number of rotatable bonds is 6. The Balaban J connectivity index is 1.76. The summed E-state index contributed by atoms with van der Waals surface area (Å²) in [6.07, 6.45) is 0. The van der Waals surface area contributed by atoms with Gasteiger partial charge in [0.1, 0.15) is 0 Å². The SMILES string of the molecule is CN(CCNc1ccccc1)Cc1ccccc1Cl. The second kappa shape index (κ2) is 7.17. The van der Waals surface area contributed by atoms with E-state index in [1.165, 1.54) is 5.56 Å². The van der Waals surface area contributed by atoms with Gasteiger partial charge in [0.15, 0.2) is 0 Å². The summed E-state index contributed by atoms with van der Waals surface area (Å²) in [5.41, 5.74) is 2.33. The van der Waals surface area contributed by atoms with Gasteiger partial charge in [0.2, 0.25) is 0 Å². The molecule has 0 spiro atoms. The first-order chi connectivity index (χ1) is 9.25. The summed E-state index contributed by atoms with van der Waals surface area (Å²) >= 11 is 6.16. The van der Waals surface area contributed by atoms with E-state index in [4.69, 9.17) is 11.6 Å². The van der Waals surface area contributed by atoms with Gasteiger partial charge >= 0.3 is 0 Å². The smallest absolute Gasteiger partial charge is 0.0451 e. The van der Waals surface area contributed by atoms with Crippen LogP contribution < -0.4 is 5.32 Å². The summed E-state index contributed by atoms with van der Waals surface area (Å²) in [5.74, 6) is 0. The molecule has 0 saturated heterocycles. The van der Waals surface area contributed by atoms with Gasteiger partial charge in [-0.15, -0.1) is 0 Å². The fourth-order valence-electron chi connectivity index (χ4n) is 1.94. The molecule has 0 aliphatic rings. The predicted molar refractivity (Wildman–Crippen MR) is 82.7 cm³/mol. The van der Waals surface area contributed by atoms with Crippen molar-refractivity contribution in [3.8, 4) is 0 Å². The van der Waals surface area contributed by atoms with Crippen molar-refractivity contribution in [2.24, 2.45) is 0 Å². The van der Waals surface area contributed by atoms with E-state index in [0.717, 1.165) is 30.3 Å². The Labute approximate surface area is 120 Å². The Morgan fingerprint density at radius 2 is 1.68 bits per heavy atom. The molecule has 0 heterocycles. The van der Waals surface area contributed by atoms with Crippen LogP contribution in [0.1, 0.15) is 5.56 Å². The molecule has 0 aliphatic carbocycles. The fraction of sp³-hybridized carbons (Fsp3) is 0.250. The molecule has 2 aromatic carbocycles. The van der Waals surface area contributed by atoms with Gasteiger partial charge in [0, 0.05) is 30.3 Å². The molecule has 0 aromatic heterocycles. The molecule has 100 valence electrons. The van der Waals surface area contributed by atoms with E-state index in [9.17, 15) is 0 Å². The number of nitrogens with zero attached hydrogens (tertiary/aromatic N) is 1. The Hall–Kier alpha value is -1.51. The molecular weight excluding hydrogens is 256 g/mol. The van der Waals surface area contributed by atoms with E-state index in [1.807, 2.05) is 36.4 Å². The molecule has 0 atom stereocenters. The number of nitrogens with one attached hydrogen (secondary N) is 1. The average molecular weight is 275 g/mol. The highest BCUT2D eigenvalue weighted by molar-refractivity contribution is 6.31. The van der Waals surface area contributed by atoms with Crippen LogP contribution in [0, 0.1) is 0 Å².